The molecule has 0 unspecified atom stereocenters. The molecule has 1 aliphatic carbocycles. The molecule has 3 rings (SSSR count). The fourth-order valence-electron chi connectivity index (χ4n) is 2.96. The van der Waals surface area contributed by atoms with Crippen molar-refractivity contribution >= 4 is 11.6 Å². The Morgan fingerprint density at radius 3 is 2.48 bits per heavy atom. The number of halogens is 3. The highest BCUT2D eigenvalue weighted by Crippen LogP contribution is 2.30. The second-order valence-corrected chi connectivity index (χ2v) is 6.01. The Morgan fingerprint density at radius 1 is 1.04 bits per heavy atom. The molecule has 0 atom stereocenters. The minimum Gasteiger partial charge on any atom is -0.483 e. The Kier molecular flexibility index (Phi) is 4.97. The zero-order valence-corrected chi connectivity index (χ0v) is 13.5. The lowest BCUT2D eigenvalue weighted by atomic mass is 9.91. The molecule has 1 aliphatic rings. The van der Waals surface area contributed by atoms with Crippen molar-refractivity contribution in [2.24, 2.45) is 0 Å². The number of alkyl halides is 3. The molecule has 3 nitrogen and oxygen atoms in total. The fraction of sp³-hybridized carbons (Fsp3) is 0.316. The first-order valence-corrected chi connectivity index (χ1v) is 8.14. The number of hydrogen-bond acceptors (Lipinski definition) is 2. The fourth-order valence-corrected chi connectivity index (χ4v) is 2.96. The van der Waals surface area contributed by atoms with Crippen LogP contribution >= 0.6 is 0 Å². The van der Waals surface area contributed by atoms with Crippen molar-refractivity contribution in [2.45, 2.75) is 31.9 Å². The normalized spacial score (nSPS) is 13.9. The number of carbonyl (C=O) groups excluding carboxylic acids is 1. The van der Waals surface area contributed by atoms with Crippen LogP contribution in [0.15, 0.2) is 42.5 Å². The Morgan fingerprint density at radius 2 is 1.76 bits per heavy atom. The lowest BCUT2D eigenvalue weighted by Crippen LogP contribution is -2.21. The van der Waals surface area contributed by atoms with E-state index < -0.39 is 17.6 Å². The van der Waals surface area contributed by atoms with Crippen LogP contribution < -0.4 is 10.1 Å². The van der Waals surface area contributed by atoms with Gasteiger partial charge in [0.2, 0.25) is 0 Å². The maximum absolute atomic E-state index is 12.5. The number of ether oxygens (including phenoxy) is 1. The van der Waals surface area contributed by atoms with Crippen LogP contribution in [-0.4, -0.2) is 12.5 Å². The lowest BCUT2D eigenvalue weighted by molar-refractivity contribution is -0.137. The first kappa shape index (κ1) is 17.3. The molecule has 0 saturated carbocycles. The third-order valence-corrected chi connectivity index (χ3v) is 4.21. The molecule has 6 heteroatoms. The summed E-state index contributed by atoms with van der Waals surface area (Å²) in [5.41, 5.74) is 1.96. The third kappa shape index (κ3) is 4.32. The predicted molar refractivity (Wildman–Crippen MR) is 88.7 cm³/mol. The van der Waals surface area contributed by atoms with Crippen LogP contribution in [0.5, 0.6) is 5.75 Å². The van der Waals surface area contributed by atoms with Crippen molar-refractivity contribution in [3.63, 3.8) is 0 Å². The van der Waals surface area contributed by atoms with Gasteiger partial charge in [0.1, 0.15) is 5.75 Å². The van der Waals surface area contributed by atoms with E-state index in [0.29, 0.717) is 11.4 Å². The van der Waals surface area contributed by atoms with Crippen LogP contribution in [0, 0.1) is 0 Å². The summed E-state index contributed by atoms with van der Waals surface area (Å²) in [5, 5.41) is 2.54. The van der Waals surface area contributed by atoms with Gasteiger partial charge in [-0.25, -0.2) is 0 Å². The van der Waals surface area contributed by atoms with Crippen molar-refractivity contribution in [2.75, 3.05) is 11.9 Å². The van der Waals surface area contributed by atoms with E-state index in [-0.39, 0.29) is 6.61 Å². The van der Waals surface area contributed by atoms with Gasteiger partial charge in [0, 0.05) is 5.69 Å². The second kappa shape index (κ2) is 7.17. The van der Waals surface area contributed by atoms with E-state index in [1.165, 1.54) is 17.7 Å². The molecule has 0 heterocycles. The molecular weight excluding hydrogens is 331 g/mol. The number of rotatable bonds is 4. The van der Waals surface area contributed by atoms with E-state index in [2.05, 4.69) is 11.4 Å². The summed E-state index contributed by atoms with van der Waals surface area (Å²) in [4.78, 5) is 12.0. The molecule has 0 saturated heterocycles. The minimum atomic E-state index is -4.39. The molecular formula is C19H18F3NO2. The number of fused-ring (bicyclic) bond motifs is 1. The van der Waals surface area contributed by atoms with Crippen LogP contribution in [-0.2, 0) is 23.8 Å². The molecule has 0 fully saturated rings. The molecule has 0 radical (unpaired) electrons. The molecule has 0 aliphatic heterocycles. The molecule has 25 heavy (non-hydrogen) atoms. The van der Waals surface area contributed by atoms with Crippen LogP contribution in [0.3, 0.4) is 0 Å². The van der Waals surface area contributed by atoms with E-state index in [0.717, 1.165) is 43.4 Å². The van der Waals surface area contributed by atoms with Crippen molar-refractivity contribution in [1.29, 1.82) is 0 Å². The number of carbonyl (C=O) groups is 1. The first-order valence-electron chi connectivity index (χ1n) is 8.14. The van der Waals surface area contributed by atoms with Gasteiger partial charge >= 0.3 is 6.18 Å². The number of hydrogen-bond donors (Lipinski definition) is 1. The Bertz CT molecular complexity index is 754. The average molecular weight is 349 g/mol. The number of aryl methyl sites for hydroxylation is 1. The maximum Gasteiger partial charge on any atom is 0.416 e. The van der Waals surface area contributed by atoms with Gasteiger partial charge in [0.15, 0.2) is 6.61 Å². The van der Waals surface area contributed by atoms with Crippen LogP contribution in [0.25, 0.3) is 0 Å². The molecule has 2 aromatic carbocycles. The van der Waals surface area contributed by atoms with E-state index in [4.69, 9.17) is 4.74 Å². The Labute approximate surface area is 143 Å². The summed E-state index contributed by atoms with van der Waals surface area (Å²) >= 11 is 0. The summed E-state index contributed by atoms with van der Waals surface area (Å²) < 4.78 is 43.2. The Hall–Kier alpha value is -2.50. The van der Waals surface area contributed by atoms with Gasteiger partial charge in [-0.15, -0.1) is 0 Å². The van der Waals surface area contributed by atoms with Crippen molar-refractivity contribution in [3.8, 4) is 5.75 Å². The maximum atomic E-state index is 12.5. The van der Waals surface area contributed by atoms with E-state index in [9.17, 15) is 18.0 Å². The zero-order valence-electron chi connectivity index (χ0n) is 13.5. The highest BCUT2D eigenvalue weighted by molar-refractivity contribution is 5.91. The highest BCUT2D eigenvalue weighted by Gasteiger charge is 2.30. The monoisotopic (exact) mass is 349 g/mol. The van der Waals surface area contributed by atoms with Gasteiger partial charge in [-0.3, -0.25) is 4.79 Å². The largest absolute Gasteiger partial charge is 0.483 e. The second-order valence-electron chi connectivity index (χ2n) is 6.01. The van der Waals surface area contributed by atoms with Crippen LogP contribution in [0.1, 0.15) is 29.5 Å². The number of benzene rings is 2. The third-order valence-electron chi connectivity index (χ3n) is 4.21. The molecule has 1 N–H and O–H groups in total. The smallest absolute Gasteiger partial charge is 0.416 e. The van der Waals surface area contributed by atoms with Gasteiger partial charge in [-0.05, 0) is 67.1 Å². The average Bonchev–Trinajstić information content (AvgIpc) is 2.59. The molecule has 0 aromatic heterocycles. The van der Waals surface area contributed by atoms with Gasteiger partial charge in [0.05, 0.1) is 5.56 Å². The van der Waals surface area contributed by atoms with Gasteiger partial charge in [-0.2, -0.15) is 13.2 Å². The van der Waals surface area contributed by atoms with E-state index in [1.54, 1.807) is 0 Å². The molecule has 2 aromatic rings. The summed E-state index contributed by atoms with van der Waals surface area (Å²) in [6.45, 7) is -0.183. The van der Waals surface area contributed by atoms with Crippen LogP contribution in [0.2, 0.25) is 0 Å². The molecule has 1 amide bonds. The molecule has 132 valence electrons. The van der Waals surface area contributed by atoms with Crippen molar-refractivity contribution in [3.05, 3.63) is 59.2 Å². The number of nitrogens with one attached hydrogen (secondary N) is 1. The Balaban J connectivity index is 1.58. The van der Waals surface area contributed by atoms with E-state index >= 15 is 0 Å². The molecule has 0 bridgehead atoms. The summed E-state index contributed by atoms with van der Waals surface area (Å²) in [5.74, 6) is 0.299. The lowest BCUT2D eigenvalue weighted by Gasteiger charge is -2.19. The van der Waals surface area contributed by atoms with E-state index in [1.807, 2.05) is 12.1 Å². The standard InChI is InChI=1S/C19H18F3NO2/c20-19(21,22)14-8-10-15(11-9-14)23-18(24)12-25-17-7-3-5-13-4-1-2-6-16(13)17/h3,5,7-11H,1-2,4,6,12H2,(H,23,24). The highest BCUT2D eigenvalue weighted by atomic mass is 19.4. The SMILES string of the molecule is O=C(COc1cccc2c1CCCC2)Nc1ccc(C(F)(F)F)cc1. The quantitative estimate of drug-likeness (QED) is 0.876. The summed E-state index contributed by atoms with van der Waals surface area (Å²) in [6.07, 6.45) is -0.176. The van der Waals surface area contributed by atoms with Gasteiger partial charge in [-0.1, -0.05) is 12.1 Å². The number of amides is 1. The molecule has 0 spiro atoms. The number of anilines is 1. The zero-order chi connectivity index (χ0) is 17.9. The predicted octanol–water partition coefficient (Wildman–Crippen LogP) is 4.60. The van der Waals surface area contributed by atoms with Gasteiger partial charge < -0.3 is 10.1 Å². The first-order chi connectivity index (χ1) is 11.9. The summed E-state index contributed by atoms with van der Waals surface area (Å²) in [7, 11) is 0. The topological polar surface area (TPSA) is 38.3 Å². The summed E-state index contributed by atoms with van der Waals surface area (Å²) in [6, 6.07) is 10.1. The minimum absolute atomic E-state index is 0.183. The van der Waals surface area contributed by atoms with Crippen molar-refractivity contribution < 1.29 is 22.7 Å². The van der Waals surface area contributed by atoms with Crippen LogP contribution in [0.4, 0.5) is 18.9 Å². The van der Waals surface area contributed by atoms with Gasteiger partial charge in [0.25, 0.3) is 5.91 Å². The van der Waals surface area contributed by atoms with Crippen molar-refractivity contribution in [1.82, 2.24) is 0 Å².